The van der Waals surface area contributed by atoms with Crippen molar-refractivity contribution in [2.45, 2.75) is 57.1 Å². The molecule has 0 atom stereocenters. The molecule has 1 aromatic carbocycles. The highest BCUT2D eigenvalue weighted by molar-refractivity contribution is 5.97. The van der Waals surface area contributed by atoms with Crippen LogP contribution in [-0.4, -0.2) is 55.7 Å². The standard InChI is InChI=1S/C21H30N2O4/c1-26-15-20(24)23-13-11-17(12-14-23)27-19-10-6-5-9-18(19)21(25)22-16-7-3-2-4-8-16/h5-6,9-10,16-17H,2-4,7-8,11-15H2,1H3,(H,22,25). The van der Waals surface area contributed by atoms with Crippen LogP contribution in [0.5, 0.6) is 5.75 Å². The number of nitrogens with zero attached hydrogens (tertiary/aromatic N) is 1. The van der Waals surface area contributed by atoms with Crippen LogP contribution in [0.2, 0.25) is 0 Å². The van der Waals surface area contributed by atoms with Gasteiger partial charge in [-0.05, 0) is 25.0 Å². The van der Waals surface area contributed by atoms with Crippen molar-refractivity contribution in [1.82, 2.24) is 10.2 Å². The van der Waals surface area contributed by atoms with Gasteiger partial charge >= 0.3 is 0 Å². The average molecular weight is 374 g/mol. The Morgan fingerprint density at radius 1 is 1.07 bits per heavy atom. The lowest BCUT2D eigenvalue weighted by Crippen LogP contribution is -2.43. The molecule has 2 amide bonds. The third kappa shape index (κ3) is 5.45. The van der Waals surface area contributed by atoms with Crippen LogP contribution in [0.15, 0.2) is 24.3 Å². The van der Waals surface area contributed by atoms with Gasteiger partial charge in [-0.25, -0.2) is 0 Å². The molecule has 1 aliphatic carbocycles. The summed E-state index contributed by atoms with van der Waals surface area (Å²) in [7, 11) is 1.53. The van der Waals surface area contributed by atoms with Gasteiger partial charge in [-0.15, -0.1) is 0 Å². The zero-order chi connectivity index (χ0) is 19.1. The summed E-state index contributed by atoms with van der Waals surface area (Å²) in [5.41, 5.74) is 0.598. The van der Waals surface area contributed by atoms with Crippen LogP contribution in [0.25, 0.3) is 0 Å². The Balaban J connectivity index is 1.56. The van der Waals surface area contributed by atoms with Crippen LogP contribution in [-0.2, 0) is 9.53 Å². The quantitative estimate of drug-likeness (QED) is 0.831. The predicted octanol–water partition coefficient (Wildman–Crippen LogP) is 2.77. The van der Waals surface area contributed by atoms with Gasteiger partial charge in [0.25, 0.3) is 5.91 Å². The SMILES string of the molecule is COCC(=O)N1CCC(Oc2ccccc2C(=O)NC2CCCCC2)CC1. The largest absolute Gasteiger partial charge is 0.489 e. The third-order valence-electron chi connectivity index (χ3n) is 5.43. The number of amides is 2. The molecule has 6 nitrogen and oxygen atoms in total. The number of carbonyl (C=O) groups is 2. The van der Waals surface area contributed by atoms with Crippen LogP contribution in [0.4, 0.5) is 0 Å². The highest BCUT2D eigenvalue weighted by atomic mass is 16.5. The van der Waals surface area contributed by atoms with Crippen molar-refractivity contribution in [2.24, 2.45) is 0 Å². The van der Waals surface area contributed by atoms with E-state index in [2.05, 4.69) is 5.32 Å². The molecule has 0 spiro atoms. The molecular formula is C21H30N2O4. The summed E-state index contributed by atoms with van der Waals surface area (Å²) in [6.07, 6.45) is 7.28. The molecule has 0 aromatic heterocycles. The Morgan fingerprint density at radius 2 is 1.78 bits per heavy atom. The summed E-state index contributed by atoms with van der Waals surface area (Å²) < 4.78 is 11.1. The first-order valence-electron chi connectivity index (χ1n) is 10.0. The Morgan fingerprint density at radius 3 is 2.48 bits per heavy atom. The fourth-order valence-electron chi connectivity index (χ4n) is 3.88. The van der Waals surface area contributed by atoms with E-state index >= 15 is 0 Å². The normalized spacial score (nSPS) is 18.9. The van der Waals surface area contributed by atoms with E-state index < -0.39 is 0 Å². The number of carbonyl (C=O) groups excluding carboxylic acids is 2. The summed E-state index contributed by atoms with van der Waals surface area (Å²) in [4.78, 5) is 26.4. The van der Waals surface area contributed by atoms with Crippen molar-refractivity contribution in [2.75, 3.05) is 26.8 Å². The smallest absolute Gasteiger partial charge is 0.255 e. The van der Waals surface area contributed by atoms with Crippen molar-refractivity contribution in [3.8, 4) is 5.75 Å². The first kappa shape index (κ1) is 19.7. The molecule has 2 aliphatic rings. The highest BCUT2D eigenvalue weighted by Gasteiger charge is 2.25. The summed E-state index contributed by atoms with van der Waals surface area (Å²) in [5, 5.41) is 3.16. The summed E-state index contributed by atoms with van der Waals surface area (Å²) >= 11 is 0. The lowest BCUT2D eigenvalue weighted by atomic mass is 9.95. The Kier molecular flexibility index (Phi) is 7.10. The molecular weight excluding hydrogens is 344 g/mol. The van der Waals surface area contributed by atoms with E-state index in [-0.39, 0.29) is 30.6 Å². The Hall–Kier alpha value is -2.08. The van der Waals surface area contributed by atoms with Gasteiger partial charge in [0, 0.05) is 39.1 Å². The first-order valence-corrected chi connectivity index (χ1v) is 10.0. The van der Waals surface area contributed by atoms with Crippen molar-refractivity contribution < 1.29 is 19.1 Å². The fraction of sp³-hybridized carbons (Fsp3) is 0.619. The minimum atomic E-state index is -0.0507. The van der Waals surface area contributed by atoms with Crippen molar-refractivity contribution >= 4 is 11.8 Å². The molecule has 6 heteroatoms. The molecule has 0 bridgehead atoms. The Bertz CT molecular complexity index is 635. The number of hydrogen-bond donors (Lipinski definition) is 1. The fourth-order valence-corrected chi connectivity index (χ4v) is 3.88. The number of piperidine rings is 1. The average Bonchev–Trinajstić information content (AvgIpc) is 2.70. The van der Waals surface area contributed by atoms with Crippen molar-refractivity contribution in [3.63, 3.8) is 0 Å². The molecule has 1 heterocycles. The van der Waals surface area contributed by atoms with E-state index in [4.69, 9.17) is 9.47 Å². The van der Waals surface area contributed by atoms with Gasteiger partial charge in [-0.3, -0.25) is 9.59 Å². The zero-order valence-corrected chi connectivity index (χ0v) is 16.1. The lowest BCUT2D eigenvalue weighted by Gasteiger charge is -2.32. The molecule has 148 valence electrons. The van der Waals surface area contributed by atoms with Gasteiger partial charge in [0.05, 0.1) is 5.56 Å². The van der Waals surface area contributed by atoms with Crippen LogP contribution < -0.4 is 10.1 Å². The molecule has 1 saturated carbocycles. The highest BCUT2D eigenvalue weighted by Crippen LogP contribution is 2.24. The van der Waals surface area contributed by atoms with Gasteiger partial charge in [-0.1, -0.05) is 31.4 Å². The van der Waals surface area contributed by atoms with Crippen molar-refractivity contribution in [1.29, 1.82) is 0 Å². The minimum absolute atomic E-state index is 0.0141. The van der Waals surface area contributed by atoms with E-state index in [1.165, 1.54) is 26.4 Å². The number of rotatable bonds is 6. The molecule has 1 aliphatic heterocycles. The second-order valence-corrected chi connectivity index (χ2v) is 7.44. The van der Waals surface area contributed by atoms with Crippen LogP contribution in [0.1, 0.15) is 55.3 Å². The topological polar surface area (TPSA) is 67.9 Å². The van der Waals surface area contributed by atoms with E-state index in [1.807, 2.05) is 29.2 Å². The molecule has 27 heavy (non-hydrogen) atoms. The molecule has 1 saturated heterocycles. The van der Waals surface area contributed by atoms with E-state index in [0.717, 1.165) is 25.7 Å². The molecule has 1 aromatic rings. The third-order valence-corrected chi connectivity index (χ3v) is 5.43. The van der Waals surface area contributed by atoms with Gasteiger partial charge in [0.2, 0.25) is 5.91 Å². The van der Waals surface area contributed by atoms with Gasteiger partial charge in [-0.2, -0.15) is 0 Å². The molecule has 0 unspecified atom stereocenters. The van der Waals surface area contributed by atoms with Crippen LogP contribution in [0, 0.1) is 0 Å². The molecule has 2 fully saturated rings. The van der Waals surface area contributed by atoms with Gasteiger partial charge < -0.3 is 19.7 Å². The number of hydrogen-bond acceptors (Lipinski definition) is 4. The summed E-state index contributed by atoms with van der Waals surface area (Å²) in [6, 6.07) is 7.72. The number of likely N-dealkylation sites (tertiary alicyclic amines) is 1. The maximum Gasteiger partial charge on any atom is 0.255 e. The van der Waals surface area contributed by atoms with E-state index in [1.54, 1.807) is 0 Å². The second kappa shape index (κ2) is 9.74. The molecule has 0 radical (unpaired) electrons. The number of para-hydroxylation sites is 1. The monoisotopic (exact) mass is 374 g/mol. The maximum atomic E-state index is 12.7. The predicted molar refractivity (Wildman–Crippen MR) is 103 cm³/mol. The number of benzene rings is 1. The number of methoxy groups -OCH3 is 1. The summed E-state index contributed by atoms with van der Waals surface area (Å²) in [6.45, 7) is 1.43. The van der Waals surface area contributed by atoms with Crippen LogP contribution in [0.3, 0.4) is 0 Å². The Labute approximate surface area is 161 Å². The lowest BCUT2D eigenvalue weighted by molar-refractivity contribution is -0.136. The number of nitrogens with one attached hydrogen (secondary N) is 1. The number of ether oxygens (including phenoxy) is 2. The molecule has 3 rings (SSSR count). The minimum Gasteiger partial charge on any atom is -0.489 e. The van der Waals surface area contributed by atoms with Gasteiger partial charge in [0.15, 0.2) is 0 Å². The van der Waals surface area contributed by atoms with Crippen molar-refractivity contribution in [3.05, 3.63) is 29.8 Å². The van der Waals surface area contributed by atoms with Gasteiger partial charge in [0.1, 0.15) is 18.5 Å². The second-order valence-electron chi connectivity index (χ2n) is 7.44. The molecule has 1 N–H and O–H groups in total. The first-order chi connectivity index (χ1) is 13.2. The van der Waals surface area contributed by atoms with Crippen LogP contribution >= 0.6 is 0 Å². The van der Waals surface area contributed by atoms with E-state index in [9.17, 15) is 9.59 Å². The maximum absolute atomic E-state index is 12.7. The van der Waals surface area contributed by atoms with E-state index in [0.29, 0.717) is 24.4 Å². The zero-order valence-electron chi connectivity index (χ0n) is 16.1. The summed E-state index contributed by atoms with van der Waals surface area (Å²) in [5.74, 6) is 0.598.